The summed E-state index contributed by atoms with van der Waals surface area (Å²) >= 11 is 0. The number of hydrogen-bond donors (Lipinski definition) is 2. The quantitative estimate of drug-likeness (QED) is 0.895. The fraction of sp³-hybridized carbons (Fsp3) is 0.571. The predicted octanol–water partition coefficient (Wildman–Crippen LogP) is 2.21. The smallest absolute Gasteiger partial charge is 0.415 e. The third kappa shape index (κ3) is 3.79. The van der Waals surface area contributed by atoms with Crippen molar-refractivity contribution in [2.45, 2.75) is 31.7 Å². The monoisotopic (exact) mass is 305 g/mol. The Hall–Kier alpha value is -1.47. The van der Waals surface area contributed by atoms with Crippen LogP contribution in [0.25, 0.3) is 0 Å². The van der Waals surface area contributed by atoms with Crippen molar-refractivity contribution in [3.63, 3.8) is 0 Å². The molecule has 1 unspecified atom stereocenters. The van der Waals surface area contributed by atoms with E-state index in [9.17, 15) is 13.2 Å². The summed E-state index contributed by atoms with van der Waals surface area (Å²) in [5.41, 5.74) is 0.00309. The topological polar surface area (TPSA) is 50.7 Å². The van der Waals surface area contributed by atoms with Crippen LogP contribution in [0.2, 0.25) is 0 Å². The van der Waals surface area contributed by atoms with Gasteiger partial charge in [-0.1, -0.05) is 6.07 Å². The van der Waals surface area contributed by atoms with E-state index in [1.165, 1.54) is 0 Å². The lowest BCUT2D eigenvalue weighted by Gasteiger charge is -2.30. The molecule has 0 saturated heterocycles. The number of aliphatic hydroxyl groups is 1. The molecule has 7 heteroatoms. The van der Waals surface area contributed by atoms with Gasteiger partial charge in [0.2, 0.25) is 0 Å². The van der Waals surface area contributed by atoms with E-state index in [1.807, 2.05) is 0 Å². The van der Waals surface area contributed by atoms with Gasteiger partial charge in [-0.3, -0.25) is 0 Å². The first-order chi connectivity index (χ1) is 9.70. The van der Waals surface area contributed by atoms with Crippen LogP contribution in [-0.2, 0) is 5.54 Å². The molecule has 2 N–H and O–H groups in total. The van der Waals surface area contributed by atoms with Crippen LogP contribution in [0.3, 0.4) is 0 Å². The van der Waals surface area contributed by atoms with E-state index >= 15 is 0 Å². The number of fused-ring (bicyclic) bond motifs is 1. The van der Waals surface area contributed by atoms with Gasteiger partial charge in [0, 0.05) is 12.1 Å². The third-order valence-corrected chi connectivity index (χ3v) is 3.38. The summed E-state index contributed by atoms with van der Waals surface area (Å²) in [7, 11) is 0. The molecule has 4 nitrogen and oxygen atoms in total. The number of alkyl halides is 3. The van der Waals surface area contributed by atoms with Crippen LogP contribution in [0.1, 0.15) is 19.4 Å². The Morgan fingerprint density at radius 2 is 1.81 bits per heavy atom. The molecule has 0 bridgehead atoms. The van der Waals surface area contributed by atoms with Gasteiger partial charge in [-0.15, -0.1) is 0 Å². The highest BCUT2D eigenvalue weighted by Gasteiger charge is 2.39. The first-order valence-corrected chi connectivity index (χ1v) is 6.60. The largest absolute Gasteiger partial charge is 0.486 e. The van der Waals surface area contributed by atoms with Gasteiger partial charge in [0.15, 0.2) is 17.6 Å². The zero-order valence-corrected chi connectivity index (χ0v) is 11.8. The molecule has 0 saturated carbocycles. The predicted molar refractivity (Wildman–Crippen MR) is 70.5 cm³/mol. The summed E-state index contributed by atoms with van der Waals surface area (Å²) in [5.74, 6) is 1.20. The molecule has 1 aliphatic heterocycles. The van der Waals surface area contributed by atoms with E-state index in [-0.39, 0.29) is 0 Å². The lowest BCUT2D eigenvalue weighted by Crippen LogP contribution is -2.45. The molecule has 0 radical (unpaired) electrons. The van der Waals surface area contributed by atoms with Gasteiger partial charge in [-0.05, 0) is 31.5 Å². The molecule has 0 spiro atoms. The Bertz CT molecular complexity index is 503. The lowest BCUT2D eigenvalue weighted by molar-refractivity contribution is -0.202. The zero-order chi connectivity index (χ0) is 15.7. The SMILES string of the molecule is CC(C)(NCC(O)C(F)(F)F)c1ccc2c(c1)OCCO2. The summed E-state index contributed by atoms with van der Waals surface area (Å²) in [6, 6.07) is 5.23. The summed E-state index contributed by atoms with van der Waals surface area (Å²) < 4.78 is 47.8. The van der Waals surface area contributed by atoms with Gasteiger partial charge >= 0.3 is 6.18 Å². The van der Waals surface area contributed by atoms with E-state index in [0.29, 0.717) is 24.7 Å². The molecule has 21 heavy (non-hydrogen) atoms. The molecule has 2 rings (SSSR count). The highest BCUT2D eigenvalue weighted by molar-refractivity contribution is 5.45. The minimum Gasteiger partial charge on any atom is -0.486 e. The Labute approximate surface area is 120 Å². The molecule has 1 aromatic rings. The molecule has 1 aliphatic rings. The number of nitrogens with one attached hydrogen (secondary N) is 1. The first-order valence-electron chi connectivity index (χ1n) is 6.60. The average molecular weight is 305 g/mol. The number of hydrogen-bond acceptors (Lipinski definition) is 4. The number of rotatable bonds is 4. The number of benzene rings is 1. The summed E-state index contributed by atoms with van der Waals surface area (Å²) in [6.07, 6.45) is -7.02. The van der Waals surface area contributed by atoms with E-state index in [0.717, 1.165) is 5.56 Å². The Morgan fingerprint density at radius 3 is 2.43 bits per heavy atom. The number of aliphatic hydroxyl groups excluding tert-OH is 1. The normalized spacial score (nSPS) is 16.7. The van der Waals surface area contributed by atoms with Crippen LogP contribution < -0.4 is 14.8 Å². The van der Waals surface area contributed by atoms with E-state index in [1.54, 1.807) is 32.0 Å². The maximum Gasteiger partial charge on any atom is 0.415 e. The number of ether oxygens (including phenoxy) is 2. The van der Waals surface area contributed by atoms with Gasteiger partial charge in [0.25, 0.3) is 0 Å². The Kier molecular flexibility index (Phi) is 4.34. The maximum absolute atomic E-state index is 12.3. The van der Waals surface area contributed by atoms with Crippen LogP contribution >= 0.6 is 0 Å². The lowest BCUT2D eigenvalue weighted by atomic mass is 9.93. The minimum absolute atomic E-state index is 0.442. The van der Waals surface area contributed by atoms with Gasteiger partial charge in [0.1, 0.15) is 13.2 Å². The van der Waals surface area contributed by atoms with Gasteiger partial charge in [-0.25, -0.2) is 0 Å². The third-order valence-electron chi connectivity index (χ3n) is 3.38. The summed E-state index contributed by atoms with van der Waals surface area (Å²) in [6.45, 7) is 3.82. The van der Waals surface area contributed by atoms with Crippen molar-refractivity contribution in [1.82, 2.24) is 5.32 Å². The second kappa shape index (κ2) is 5.73. The molecule has 0 amide bonds. The molecular weight excluding hydrogens is 287 g/mol. The Morgan fingerprint density at radius 1 is 1.19 bits per heavy atom. The molecule has 0 aliphatic carbocycles. The molecular formula is C14H18F3NO3. The van der Waals surface area contributed by atoms with Crippen molar-refractivity contribution in [1.29, 1.82) is 0 Å². The molecule has 0 fully saturated rings. The van der Waals surface area contributed by atoms with Crippen molar-refractivity contribution in [2.24, 2.45) is 0 Å². The number of halogens is 3. The van der Waals surface area contributed by atoms with Gasteiger partial charge in [-0.2, -0.15) is 13.2 Å². The highest BCUT2D eigenvalue weighted by Crippen LogP contribution is 2.34. The molecule has 1 aromatic carbocycles. The molecule has 1 heterocycles. The highest BCUT2D eigenvalue weighted by atomic mass is 19.4. The first kappa shape index (κ1) is 15.9. The minimum atomic E-state index is -4.63. The van der Waals surface area contributed by atoms with Crippen LogP contribution in [0.5, 0.6) is 11.5 Å². The van der Waals surface area contributed by atoms with Crippen LogP contribution in [-0.4, -0.2) is 37.1 Å². The van der Waals surface area contributed by atoms with E-state index < -0.39 is 24.4 Å². The summed E-state index contributed by atoms with van der Waals surface area (Å²) in [4.78, 5) is 0. The van der Waals surface area contributed by atoms with Crippen molar-refractivity contribution < 1.29 is 27.8 Å². The summed E-state index contributed by atoms with van der Waals surface area (Å²) in [5, 5.41) is 11.8. The van der Waals surface area contributed by atoms with Crippen molar-refractivity contribution >= 4 is 0 Å². The van der Waals surface area contributed by atoms with Gasteiger partial charge < -0.3 is 19.9 Å². The molecule has 0 aromatic heterocycles. The average Bonchev–Trinajstić information content (AvgIpc) is 2.43. The fourth-order valence-corrected chi connectivity index (χ4v) is 2.00. The second-order valence-corrected chi connectivity index (χ2v) is 5.42. The Balaban J connectivity index is 2.08. The molecule has 1 atom stereocenters. The maximum atomic E-state index is 12.3. The van der Waals surface area contributed by atoms with E-state index in [2.05, 4.69) is 5.32 Å². The second-order valence-electron chi connectivity index (χ2n) is 5.42. The molecule has 118 valence electrons. The van der Waals surface area contributed by atoms with Crippen molar-refractivity contribution in [3.8, 4) is 11.5 Å². The van der Waals surface area contributed by atoms with Crippen molar-refractivity contribution in [3.05, 3.63) is 23.8 Å². The van der Waals surface area contributed by atoms with Crippen LogP contribution in [0.15, 0.2) is 18.2 Å². The van der Waals surface area contributed by atoms with E-state index in [4.69, 9.17) is 14.6 Å². The van der Waals surface area contributed by atoms with Gasteiger partial charge in [0.05, 0.1) is 0 Å². The zero-order valence-electron chi connectivity index (χ0n) is 11.8. The fourth-order valence-electron chi connectivity index (χ4n) is 2.00. The standard InChI is InChI=1S/C14H18F3NO3/c1-13(2,18-8-12(19)14(15,16)17)9-3-4-10-11(7-9)21-6-5-20-10/h3-4,7,12,18-19H,5-6,8H2,1-2H3. The van der Waals surface area contributed by atoms with Crippen LogP contribution in [0, 0.1) is 0 Å². The van der Waals surface area contributed by atoms with Crippen LogP contribution in [0.4, 0.5) is 13.2 Å². The van der Waals surface area contributed by atoms with Crippen molar-refractivity contribution in [2.75, 3.05) is 19.8 Å².